The van der Waals surface area contributed by atoms with Crippen molar-refractivity contribution in [2.45, 2.75) is 33.2 Å². The Balaban J connectivity index is 2.48. The number of aliphatic hydroxyl groups excluding tert-OH is 1. The van der Waals surface area contributed by atoms with Crippen LogP contribution in [0.25, 0.3) is 0 Å². The van der Waals surface area contributed by atoms with E-state index in [2.05, 4.69) is 18.2 Å². The fourth-order valence-corrected chi connectivity index (χ4v) is 1.33. The first-order chi connectivity index (χ1) is 6.26. The monoisotopic (exact) mass is 182 g/mol. The van der Waals surface area contributed by atoms with Crippen LogP contribution in [0.3, 0.4) is 0 Å². The van der Waals surface area contributed by atoms with Crippen LogP contribution in [-0.4, -0.2) is 21.5 Å². The molecule has 0 saturated heterocycles. The molecule has 3 nitrogen and oxygen atoms in total. The van der Waals surface area contributed by atoms with Gasteiger partial charge < -0.3 is 5.11 Å². The zero-order valence-corrected chi connectivity index (χ0v) is 8.40. The van der Waals surface area contributed by atoms with Crippen molar-refractivity contribution in [3.63, 3.8) is 0 Å². The predicted molar refractivity (Wildman–Crippen MR) is 52.5 cm³/mol. The fourth-order valence-electron chi connectivity index (χ4n) is 1.33. The molecular weight excluding hydrogens is 164 g/mol. The molecule has 1 unspecified atom stereocenters. The molecule has 0 spiro atoms. The van der Waals surface area contributed by atoms with E-state index in [0.29, 0.717) is 5.92 Å². The van der Waals surface area contributed by atoms with E-state index in [4.69, 9.17) is 5.11 Å². The summed E-state index contributed by atoms with van der Waals surface area (Å²) < 4.78 is 1.96. The maximum Gasteiger partial charge on any atom is 0.0521 e. The quantitative estimate of drug-likeness (QED) is 0.748. The Morgan fingerprint density at radius 1 is 1.62 bits per heavy atom. The van der Waals surface area contributed by atoms with Gasteiger partial charge in [0.2, 0.25) is 0 Å². The van der Waals surface area contributed by atoms with Gasteiger partial charge in [0.15, 0.2) is 0 Å². The highest BCUT2D eigenvalue weighted by Crippen LogP contribution is 2.06. The van der Waals surface area contributed by atoms with Crippen LogP contribution in [0.5, 0.6) is 0 Å². The second kappa shape index (κ2) is 5.02. The Labute approximate surface area is 79.4 Å². The summed E-state index contributed by atoms with van der Waals surface area (Å²) in [5, 5.41) is 13.1. The molecule has 3 heteroatoms. The second-order valence-corrected chi connectivity index (χ2v) is 3.60. The molecule has 0 aliphatic carbocycles. The summed E-state index contributed by atoms with van der Waals surface area (Å²) in [6.45, 7) is 5.40. The van der Waals surface area contributed by atoms with Crippen LogP contribution in [0, 0.1) is 5.92 Å². The first-order valence-corrected chi connectivity index (χ1v) is 4.88. The van der Waals surface area contributed by atoms with Crippen LogP contribution in [0.4, 0.5) is 0 Å². The minimum absolute atomic E-state index is 0.249. The van der Waals surface area contributed by atoms with Crippen molar-refractivity contribution in [3.05, 3.63) is 18.0 Å². The molecular formula is C10H18N2O. The summed E-state index contributed by atoms with van der Waals surface area (Å²) in [6.07, 6.45) is 5.98. The summed E-state index contributed by atoms with van der Waals surface area (Å²) in [5.41, 5.74) is 1.22. The van der Waals surface area contributed by atoms with Crippen molar-refractivity contribution in [1.82, 2.24) is 9.78 Å². The van der Waals surface area contributed by atoms with Crippen molar-refractivity contribution in [2.75, 3.05) is 6.61 Å². The Bertz CT molecular complexity index is 245. The van der Waals surface area contributed by atoms with E-state index in [9.17, 15) is 0 Å². The van der Waals surface area contributed by atoms with Crippen molar-refractivity contribution in [1.29, 1.82) is 0 Å². The lowest BCUT2D eigenvalue weighted by atomic mass is 10.1. The van der Waals surface area contributed by atoms with Gasteiger partial charge in [0.05, 0.1) is 6.20 Å². The highest BCUT2D eigenvalue weighted by atomic mass is 16.3. The lowest BCUT2D eigenvalue weighted by Crippen LogP contribution is -2.03. The van der Waals surface area contributed by atoms with Gasteiger partial charge >= 0.3 is 0 Å². The molecule has 1 rings (SSSR count). The Hall–Kier alpha value is -0.830. The number of hydrogen-bond acceptors (Lipinski definition) is 2. The van der Waals surface area contributed by atoms with Gasteiger partial charge in [0.25, 0.3) is 0 Å². The first kappa shape index (κ1) is 10.3. The van der Waals surface area contributed by atoms with Crippen molar-refractivity contribution >= 4 is 0 Å². The van der Waals surface area contributed by atoms with E-state index in [-0.39, 0.29) is 6.61 Å². The van der Waals surface area contributed by atoms with Crippen molar-refractivity contribution in [2.24, 2.45) is 5.92 Å². The molecule has 0 aliphatic rings. The van der Waals surface area contributed by atoms with Crippen LogP contribution in [0.2, 0.25) is 0 Å². The van der Waals surface area contributed by atoms with Crippen LogP contribution >= 0.6 is 0 Å². The Morgan fingerprint density at radius 3 is 3.00 bits per heavy atom. The summed E-state index contributed by atoms with van der Waals surface area (Å²) >= 11 is 0. The van der Waals surface area contributed by atoms with Crippen molar-refractivity contribution < 1.29 is 5.11 Å². The summed E-state index contributed by atoms with van der Waals surface area (Å²) in [4.78, 5) is 0. The number of aliphatic hydroxyl groups is 1. The number of hydrogen-bond donors (Lipinski definition) is 1. The molecule has 0 saturated carbocycles. The van der Waals surface area contributed by atoms with Gasteiger partial charge in [-0.1, -0.05) is 13.8 Å². The second-order valence-electron chi connectivity index (χ2n) is 3.60. The molecule has 1 aromatic heterocycles. The largest absolute Gasteiger partial charge is 0.396 e. The first-order valence-electron chi connectivity index (χ1n) is 4.88. The standard InChI is InChI=1S/C10H18N2O/c1-3-4-12-7-10(6-11-12)5-9(2)8-13/h6-7,9,13H,3-5,8H2,1-2H3. The normalized spacial score (nSPS) is 13.2. The van der Waals surface area contributed by atoms with Crippen LogP contribution in [-0.2, 0) is 13.0 Å². The minimum Gasteiger partial charge on any atom is -0.396 e. The number of nitrogens with zero attached hydrogens (tertiary/aromatic N) is 2. The van der Waals surface area contributed by atoms with E-state index in [0.717, 1.165) is 19.4 Å². The van der Waals surface area contributed by atoms with Crippen LogP contribution < -0.4 is 0 Å². The molecule has 1 aromatic rings. The molecule has 0 bridgehead atoms. The third kappa shape index (κ3) is 3.19. The van der Waals surface area contributed by atoms with E-state index in [1.807, 2.05) is 17.8 Å². The molecule has 1 N–H and O–H groups in total. The smallest absolute Gasteiger partial charge is 0.0521 e. The lowest BCUT2D eigenvalue weighted by Gasteiger charge is -2.03. The maximum absolute atomic E-state index is 8.88. The van der Waals surface area contributed by atoms with Crippen molar-refractivity contribution in [3.8, 4) is 0 Å². The van der Waals surface area contributed by atoms with Gasteiger partial charge in [-0.25, -0.2) is 0 Å². The van der Waals surface area contributed by atoms with E-state index in [1.54, 1.807) is 0 Å². The molecule has 0 amide bonds. The van der Waals surface area contributed by atoms with Crippen LogP contribution in [0.15, 0.2) is 12.4 Å². The molecule has 0 radical (unpaired) electrons. The highest BCUT2D eigenvalue weighted by Gasteiger charge is 2.03. The highest BCUT2D eigenvalue weighted by molar-refractivity contribution is 5.04. The van der Waals surface area contributed by atoms with E-state index < -0.39 is 0 Å². The topological polar surface area (TPSA) is 38.0 Å². The summed E-state index contributed by atoms with van der Waals surface area (Å²) in [5.74, 6) is 0.333. The third-order valence-electron chi connectivity index (χ3n) is 2.04. The SMILES string of the molecule is CCCn1cc(CC(C)CO)cn1. The number of aromatic nitrogens is 2. The van der Waals surface area contributed by atoms with Gasteiger partial charge in [-0.3, -0.25) is 4.68 Å². The molecule has 0 aliphatic heterocycles. The molecule has 0 fully saturated rings. The van der Waals surface area contributed by atoms with Gasteiger partial charge in [-0.15, -0.1) is 0 Å². The molecule has 1 atom stereocenters. The summed E-state index contributed by atoms with van der Waals surface area (Å²) in [6, 6.07) is 0. The fraction of sp³-hybridized carbons (Fsp3) is 0.700. The maximum atomic E-state index is 8.88. The average molecular weight is 182 g/mol. The Morgan fingerprint density at radius 2 is 2.38 bits per heavy atom. The van der Waals surface area contributed by atoms with Gasteiger partial charge in [-0.05, 0) is 24.3 Å². The number of aryl methyl sites for hydroxylation is 1. The van der Waals surface area contributed by atoms with Gasteiger partial charge in [0, 0.05) is 19.3 Å². The van der Waals surface area contributed by atoms with E-state index in [1.165, 1.54) is 5.56 Å². The lowest BCUT2D eigenvalue weighted by molar-refractivity contribution is 0.237. The van der Waals surface area contributed by atoms with Gasteiger partial charge in [-0.2, -0.15) is 5.10 Å². The van der Waals surface area contributed by atoms with E-state index >= 15 is 0 Å². The molecule has 1 heterocycles. The minimum atomic E-state index is 0.249. The molecule has 74 valence electrons. The third-order valence-corrected chi connectivity index (χ3v) is 2.04. The molecule has 0 aromatic carbocycles. The zero-order valence-electron chi connectivity index (χ0n) is 8.40. The number of rotatable bonds is 5. The molecule has 13 heavy (non-hydrogen) atoms. The van der Waals surface area contributed by atoms with Crippen LogP contribution in [0.1, 0.15) is 25.8 Å². The van der Waals surface area contributed by atoms with Gasteiger partial charge in [0.1, 0.15) is 0 Å². The summed E-state index contributed by atoms with van der Waals surface area (Å²) in [7, 11) is 0. The predicted octanol–water partition coefficient (Wildman–Crippen LogP) is 1.46. The Kier molecular flexibility index (Phi) is 3.96. The zero-order chi connectivity index (χ0) is 9.68. The average Bonchev–Trinajstić information content (AvgIpc) is 2.53.